The van der Waals surface area contributed by atoms with Crippen LogP contribution in [0, 0.1) is 6.92 Å². The molecule has 1 aromatic heterocycles. The van der Waals surface area contributed by atoms with Gasteiger partial charge in [0.1, 0.15) is 5.75 Å². The lowest BCUT2D eigenvalue weighted by molar-refractivity contribution is -0.111. The minimum absolute atomic E-state index is 0.184. The summed E-state index contributed by atoms with van der Waals surface area (Å²) >= 11 is 1.56. The number of benzene rings is 1. The number of aryl methyl sites for hydroxylation is 1. The number of nitrogens with zero attached hydrogens (tertiary/aromatic N) is 1. The number of hydrogen-bond donors (Lipinski definition) is 1. The van der Waals surface area contributed by atoms with Crippen molar-refractivity contribution in [2.24, 2.45) is 0 Å². The molecule has 0 fully saturated rings. The predicted octanol–water partition coefficient (Wildman–Crippen LogP) is 3.11. The summed E-state index contributed by atoms with van der Waals surface area (Å²) in [6, 6.07) is 7.17. The highest BCUT2D eigenvalue weighted by molar-refractivity contribution is 7.09. The van der Waals surface area contributed by atoms with Gasteiger partial charge in [0.05, 0.1) is 17.8 Å². The maximum absolute atomic E-state index is 11.7. The molecule has 1 heterocycles. The Morgan fingerprint density at radius 1 is 1.37 bits per heavy atom. The number of ether oxygens (including phenoxy) is 1. The van der Waals surface area contributed by atoms with Crippen molar-refractivity contribution in [3.8, 4) is 5.75 Å². The summed E-state index contributed by atoms with van der Waals surface area (Å²) in [5, 5.41) is 5.66. The Morgan fingerprint density at radius 3 is 2.68 bits per heavy atom. The maximum atomic E-state index is 11.7. The standard InChI is InChI=1S/C14H14N2O2S/c1-10-15-12(9-19-10)5-8-14(17)16-11-3-6-13(18-2)7-4-11/h3-9H,1-2H3,(H,16,17). The van der Waals surface area contributed by atoms with E-state index in [0.29, 0.717) is 0 Å². The SMILES string of the molecule is COc1ccc(NC(=O)C=Cc2csc(C)n2)cc1. The van der Waals surface area contributed by atoms with Crippen molar-refractivity contribution < 1.29 is 9.53 Å². The van der Waals surface area contributed by atoms with Crippen LogP contribution in [0.4, 0.5) is 5.69 Å². The number of methoxy groups -OCH3 is 1. The third-order valence-corrected chi connectivity index (χ3v) is 3.19. The number of rotatable bonds is 4. The van der Waals surface area contributed by atoms with Crippen LogP contribution < -0.4 is 10.1 Å². The molecule has 0 radical (unpaired) electrons. The third-order valence-electron chi connectivity index (χ3n) is 2.40. The molecule has 0 aliphatic heterocycles. The zero-order valence-corrected chi connectivity index (χ0v) is 11.5. The normalized spacial score (nSPS) is 10.6. The van der Waals surface area contributed by atoms with Gasteiger partial charge in [-0.3, -0.25) is 4.79 Å². The van der Waals surface area contributed by atoms with Crippen LogP contribution in [0.25, 0.3) is 6.08 Å². The lowest BCUT2D eigenvalue weighted by Crippen LogP contribution is -2.07. The van der Waals surface area contributed by atoms with Crippen LogP contribution in [0.3, 0.4) is 0 Å². The average molecular weight is 274 g/mol. The summed E-state index contributed by atoms with van der Waals surface area (Å²) in [5.41, 5.74) is 1.53. The largest absolute Gasteiger partial charge is 0.497 e. The van der Waals surface area contributed by atoms with Crippen molar-refractivity contribution in [3.63, 3.8) is 0 Å². The number of carbonyl (C=O) groups is 1. The Kier molecular flexibility index (Phi) is 4.30. The Bertz CT molecular complexity index is 588. The number of amides is 1. The van der Waals surface area contributed by atoms with E-state index in [9.17, 15) is 4.79 Å². The van der Waals surface area contributed by atoms with Crippen LogP contribution in [0.2, 0.25) is 0 Å². The van der Waals surface area contributed by atoms with E-state index in [4.69, 9.17) is 4.74 Å². The molecule has 2 aromatic rings. The molecule has 0 saturated carbocycles. The molecule has 2 rings (SSSR count). The lowest BCUT2D eigenvalue weighted by Gasteiger charge is -2.03. The number of nitrogens with one attached hydrogen (secondary N) is 1. The fourth-order valence-electron chi connectivity index (χ4n) is 1.48. The summed E-state index contributed by atoms with van der Waals surface area (Å²) < 4.78 is 5.05. The first-order valence-corrected chi connectivity index (χ1v) is 6.60. The second-order valence-corrected chi connectivity index (χ2v) is 4.90. The van der Waals surface area contributed by atoms with Gasteiger partial charge in [0.2, 0.25) is 5.91 Å². The Morgan fingerprint density at radius 2 is 2.11 bits per heavy atom. The first-order chi connectivity index (χ1) is 9.17. The van der Waals surface area contributed by atoms with Gasteiger partial charge in [-0.1, -0.05) is 0 Å². The van der Waals surface area contributed by atoms with Crippen molar-refractivity contribution in [2.45, 2.75) is 6.92 Å². The van der Waals surface area contributed by atoms with Gasteiger partial charge in [-0.25, -0.2) is 4.98 Å². The van der Waals surface area contributed by atoms with Crippen LogP contribution >= 0.6 is 11.3 Å². The molecule has 0 saturated heterocycles. The molecule has 0 aliphatic rings. The van der Waals surface area contributed by atoms with Gasteiger partial charge in [-0.2, -0.15) is 0 Å². The Balaban J connectivity index is 1.95. The van der Waals surface area contributed by atoms with E-state index in [-0.39, 0.29) is 5.91 Å². The van der Waals surface area contributed by atoms with Gasteiger partial charge < -0.3 is 10.1 Å². The van der Waals surface area contributed by atoms with E-state index in [1.165, 1.54) is 6.08 Å². The maximum Gasteiger partial charge on any atom is 0.248 e. The van der Waals surface area contributed by atoms with Gasteiger partial charge in [-0.15, -0.1) is 11.3 Å². The van der Waals surface area contributed by atoms with Gasteiger partial charge in [0.15, 0.2) is 0 Å². The van der Waals surface area contributed by atoms with Gasteiger partial charge >= 0.3 is 0 Å². The second-order valence-electron chi connectivity index (χ2n) is 3.84. The molecule has 0 atom stereocenters. The van der Waals surface area contributed by atoms with Crippen LogP contribution in [0.1, 0.15) is 10.7 Å². The van der Waals surface area contributed by atoms with E-state index in [0.717, 1.165) is 22.1 Å². The van der Waals surface area contributed by atoms with Crippen LogP contribution in [0.5, 0.6) is 5.75 Å². The van der Waals surface area contributed by atoms with E-state index in [1.807, 2.05) is 12.3 Å². The van der Waals surface area contributed by atoms with Gasteiger partial charge in [0.25, 0.3) is 0 Å². The number of carbonyl (C=O) groups excluding carboxylic acids is 1. The number of aromatic nitrogens is 1. The Labute approximate surface area is 115 Å². The smallest absolute Gasteiger partial charge is 0.248 e. The van der Waals surface area contributed by atoms with Crippen molar-refractivity contribution in [2.75, 3.05) is 12.4 Å². The molecule has 1 N–H and O–H groups in total. The van der Waals surface area contributed by atoms with E-state index < -0.39 is 0 Å². The summed E-state index contributed by atoms with van der Waals surface area (Å²) in [6.45, 7) is 1.93. The van der Waals surface area contributed by atoms with Crippen LogP contribution in [0.15, 0.2) is 35.7 Å². The number of thiazole rings is 1. The molecular formula is C14H14N2O2S. The summed E-state index contributed by atoms with van der Waals surface area (Å²) in [5.74, 6) is 0.572. The van der Waals surface area contributed by atoms with Crippen molar-refractivity contribution in [1.29, 1.82) is 0 Å². The fourth-order valence-corrected chi connectivity index (χ4v) is 2.06. The molecule has 0 spiro atoms. The minimum Gasteiger partial charge on any atom is -0.497 e. The first-order valence-electron chi connectivity index (χ1n) is 5.72. The molecule has 5 heteroatoms. The van der Waals surface area contributed by atoms with E-state index >= 15 is 0 Å². The van der Waals surface area contributed by atoms with Crippen molar-refractivity contribution >= 4 is 29.0 Å². The van der Waals surface area contributed by atoms with Crippen molar-refractivity contribution in [3.05, 3.63) is 46.4 Å². The molecule has 1 aromatic carbocycles. The highest BCUT2D eigenvalue weighted by atomic mass is 32.1. The predicted molar refractivity (Wildman–Crippen MR) is 77.5 cm³/mol. The van der Waals surface area contributed by atoms with E-state index in [1.54, 1.807) is 48.8 Å². The van der Waals surface area contributed by atoms with Gasteiger partial charge in [-0.05, 0) is 37.3 Å². The molecule has 1 amide bonds. The summed E-state index contributed by atoms with van der Waals surface area (Å²) in [4.78, 5) is 15.9. The highest BCUT2D eigenvalue weighted by Crippen LogP contribution is 2.15. The average Bonchev–Trinajstić information content (AvgIpc) is 2.83. The monoisotopic (exact) mass is 274 g/mol. The molecule has 4 nitrogen and oxygen atoms in total. The topological polar surface area (TPSA) is 51.2 Å². The molecular weight excluding hydrogens is 260 g/mol. The Hall–Kier alpha value is -2.14. The van der Waals surface area contributed by atoms with Crippen LogP contribution in [-0.4, -0.2) is 18.0 Å². The molecule has 19 heavy (non-hydrogen) atoms. The number of anilines is 1. The molecule has 0 unspecified atom stereocenters. The summed E-state index contributed by atoms with van der Waals surface area (Å²) in [6.07, 6.45) is 3.17. The first kappa shape index (κ1) is 13.3. The summed E-state index contributed by atoms with van der Waals surface area (Å²) in [7, 11) is 1.60. The lowest BCUT2D eigenvalue weighted by atomic mass is 10.3. The minimum atomic E-state index is -0.184. The zero-order chi connectivity index (χ0) is 13.7. The zero-order valence-electron chi connectivity index (χ0n) is 10.7. The van der Waals surface area contributed by atoms with Gasteiger partial charge in [0, 0.05) is 17.1 Å². The second kappa shape index (κ2) is 6.15. The van der Waals surface area contributed by atoms with Crippen LogP contribution in [-0.2, 0) is 4.79 Å². The quantitative estimate of drug-likeness (QED) is 0.871. The third kappa shape index (κ3) is 3.93. The molecule has 98 valence electrons. The van der Waals surface area contributed by atoms with Crippen molar-refractivity contribution in [1.82, 2.24) is 4.98 Å². The fraction of sp³-hybridized carbons (Fsp3) is 0.143. The number of hydrogen-bond acceptors (Lipinski definition) is 4. The highest BCUT2D eigenvalue weighted by Gasteiger charge is 1.99. The molecule has 0 aliphatic carbocycles. The molecule has 0 bridgehead atoms. The van der Waals surface area contributed by atoms with E-state index in [2.05, 4.69) is 10.3 Å².